The van der Waals surface area contributed by atoms with Crippen molar-refractivity contribution in [3.63, 3.8) is 0 Å². The average molecular weight is 201 g/mol. The third-order valence-electron chi connectivity index (χ3n) is 1.62. The van der Waals surface area contributed by atoms with Gasteiger partial charge in [0.25, 0.3) is 0 Å². The van der Waals surface area contributed by atoms with Gasteiger partial charge in [0.05, 0.1) is 17.7 Å². The van der Waals surface area contributed by atoms with Gasteiger partial charge in [-0.3, -0.25) is 0 Å². The second kappa shape index (κ2) is 3.79. The van der Waals surface area contributed by atoms with Crippen LogP contribution in [0.3, 0.4) is 0 Å². The van der Waals surface area contributed by atoms with Crippen LogP contribution >= 0.6 is 0 Å². The predicted molar refractivity (Wildman–Crippen MR) is 50.7 cm³/mol. The van der Waals surface area contributed by atoms with Crippen LogP contribution in [0.2, 0.25) is 0 Å². The lowest BCUT2D eigenvalue weighted by atomic mass is 10.3. The summed E-state index contributed by atoms with van der Waals surface area (Å²) in [7, 11) is -2.53. The first-order valence-corrected chi connectivity index (χ1v) is 5.16. The van der Waals surface area contributed by atoms with E-state index in [4.69, 9.17) is 7.48 Å². The summed E-state index contributed by atoms with van der Waals surface area (Å²) in [5.74, 6) is 0.389. The molecule has 0 aromatic heterocycles. The van der Waals surface area contributed by atoms with E-state index in [1.807, 2.05) is 0 Å². The third-order valence-corrected chi connectivity index (χ3v) is 3.03. The molecule has 0 amide bonds. The molecule has 1 aromatic rings. The van der Waals surface area contributed by atoms with Crippen LogP contribution in [0.1, 0.15) is 9.67 Å². The summed E-state index contributed by atoms with van der Waals surface area (Å²) >= 11 is 0. The minimum atomic E-state index is -3.96. The first kappa shape index (κ1) is 7.38. The second-order valence-corrected chi connectivity index (χ2v) is 4.27. The van der Waals surface area contributed by atoms with E-state index in [0.29, 0.717) is 5.75 Å². The molecule has 0 saturated carbocycles. The molecule has 0 spiro atoms. The SMILES string of the molecule is [1H][C@@]([2H])(C)S(=O)(=O)c1cccc(OC)c1. The van der Waals surface area contributed by atoms with E-state index >= 15 is 0 Å². The predicted octanol–water partition coefficient (Wildman–Crippen LogP) is 1.49. The van der Waals surface area contributed by atoms with E-state index in [-0.39, 0.29) is 4.90 Å². The Hall–Kier alpha value is -1.03. The largest absolute Gasteiger partial charge is 0.497 e. The molecule has 0 saturated heterocycles. The monoisotopic (exact) mass is 201 g/mol. The summed E-state index contributed by atoms with van der Waals surface area (Å²) in [4.78, 5) is -0.0747. The molecule has 0 radical (unpaired) electrons. The first-order chi connectivity index (χ1) is 6.79. The van der Waals surface area contributed by atoms with E-state index in [9.17, 15) is 8.42 Å². The van der Waals surface area contributed by atoms with Crippen LogP contribution < -0.4 is 4.74 Å². The molecule has 1 rings (SSSR count). The van der Waals surface area contributed by atoms with Gasteiger partial charge in [-0.15, -0.1) is 0 Å². The van der Waals surface area contributed by atoms with Crippen molar-refractivity contribution in [1.29, 1.82) is 0 Å². The summed E-state index contributed by atoms with van der Waals surface area (Å²) in [5, 5.41) is 0. The Bertz CT molecular complexity index is 449. The number of hydrogen-bond donors (Lipinski definition) is 0. The fourth-order valence-corrected chi connectivity index (χ4v) is 1.65. The number of hydrogen-bond acceptors (Lipinski definition) is 3. The smallest absolute Gasteiger partial charge is 0.178 e. The molecule has 0 fully saturated rings. The van der Waals surface area contributed by atoms with Crippen LogP contribution in [0, 0.1) is 0 Å². The van der Waals surface area contributed by atoms with Gasteiger partial charge in [-0.05, 0) is 18.2 Å². The number of sulfone groups is 1. The van der Waals surface area contributed by atoms with Gasteiger partial charge in [-0.25, -0.2) is 8.42 Å². The van der Waals surface area contributed by atoms with Gasteiger partial charge in [0.2, 0.25) is 0 Å². The highest BCUT2D eigenvalue weighted by Gasteiger charge is 2.11. The summed E-state index contributed by atoms with van der Waals surface area (Å²) in [6, 6.07) is 5.76. The molecule has 0 aliphatic heterocycles. The van der Waals surface area contributed by atoms with Gasteiger partial charge in [-0.1, -0.05) is 13.0 Å². The molecule has 72 valence electrons. The molecule has 13 heavy (non-hydrogen) atoms. The fraction of sp³-hybridized carbons (Fsp3) is 0.333. The maximum Gasteiger partial charge on any atom is 0.178 e. The molecule has 0 aliphatic carbocycles. The number of methoxy groups -OCH3 is 1. The van der Waals surface area contributed by atoms with Gasteiger partial charge in [0, 0.05) is 2.74 Å². The Balaban J connectivity index is 3.29. The zero-order chi connectivity index (χ0) is 11.7. The second-order valence-electron chi connectivity index (χ2n) is 2.39. The number of benzene rings is 1. The molecule has 0 aliphatic rings. The quantitative estimate of drug-likeness (QED) is 0.744. The highest BCUT2D eigenvalue weighted by Crippen LogP contribution is 2.17. The Morgan fingerprint density at radius 1 is 1.69 bits per heavy atom. The molecule has 0 N–H and O–H groups in total. The van der Waals surface area contributed by atoms with Crippen molar-refractivity contribution >= 4 is 9.84 Å². The first-order valence-electron chi connectivity index (χ1n) is 4.68. The molecule has 1 aromatic carbocycles. The standard InChI is InChI=1S/C9H12O3S/c1-3-13(10,11)9-6-4-5-8(7-9)12-2/h4-7H,3H2,1-2H3/i3DH/t3-/m1/s1. The lowest BCUT2D eigenvalue weighted by molar-refractivity contribution is 0.413. The molecule has 1 atom stereocenters. The van der Waals surface area contributed by atoms with E-state index in [1.54, 1.807) is 6.07 Å². The van der Waals surface area contributed by atoms with Gasteiger partial charge >= 0.3 is 0 Å². The van der Waals surface area contributed by atoms with Gasteiger partial charge in [0.15, 0.2) is 9.84 Å². The van der Waals surface area contributed by atoms with Crippen LogP contribution in [0.5, 0.6) is 5.75 Å². The van der Waals surface area contributed by atoms with Crippen molar-refractivity contribution in [2.45, 2.75) is 11.8 Å². The van der Waals surface area contributed by atoms with Crippen molar-refractivity contribution in [2.24, 2.45) is 0 Å². The molecule has 0 bridgehead atoms. The highest BCUT2D eigenvalue weighted by atomic mass is 32.2. The van der Waals surface area contributed by atoms with Crippen molar-refractivity contribution in [3.05, 3.63) is 24.3 Å². The van der Waals surface area contributed by atoms with Gasteiger partial charge in [0.1, 0.15) is 5.75 Å². The van der Waals surface area contributed by atoms with Crippen LogP contribution in [0.25, 0.3) is 0 Å². The Morgan fingerprint density at radius 2 is 2.38 bits per heavy atom. The Morgan fingerprint density at radius 3 is 2.92 bits per heavy atom. The highest BCUT2D eigenvalue weighted by molar-refractivity contribution is 7.91. The van der Waals surface area contributed by atoms with Crippen LogP contribution in [-0.4, -0.2) is 21.2 Å². The van der Waals surface area contributed by atoms with E-state index in [1.165, 1.54) is 25.3 Å². The molecule has 0 heterocycles. The molecule has 0 unspecified atom stereocenters. The van der Waals surface area contributed by atoms with Gasteiger partial charge in [-0.2, -0.15) is 0 Å². The topological polar surface area (TPSA) is 43.4 Å². The van der Waals surface area contributed by atoms with Crippen LogP contribution in [-0.2, 0) is 9.84 Å². The Kier molecular flexibility index (Phi) is 2.15. The molecular formula is C9H12O3S. The number of ether oxygens (including phenoxy) is 1. The van der Waals surface area contributed by atoms with Crippen LogP contribution in [0.4, 0.5) is 0 Å². The molecule has 4 heteroatoms. The van der Waals surface area contributed by atoms with E-state index in [2.05, 4.69) is 0 Å². The lowest BCUT2D eigenvalue weighted by Gasteiger charge is -2.03. The zero-order valence-corrected chi connectivity index (χ0v) is 8.26. The normalized spacial score (nSPS) is 18.3. The Labute approximate surface area is 81.1 Å². The zero-order valence-electron chi connectivity index (χ0n) is 9.44. The maximum absolute atomic E-state index is 11.7. The summed E-state index contributed by atoms with van der Waals surface area (Å²) in [6.07, 6.45) is 0. The van der Waals surface area contributed by atoms with Crippen molar-refractivity contribution in [3.8, 4) is 5.75 Å². The van der Waals surface area contributed by atoms with Crippen molar-refractivity contribution in [2.75, 3.05) is 12.8 Å². The van der Waals surface area contributed by atoms with E-state index < -0.39 is 15.5 Å². The third kappa shape index (κ3) is 2.21. The van der Waals surface area contributed by atoms with Gasteiger partial charge < -0.3 is 4.74 Å². The van der Waals surface area contributed by atoms with Crippen molar-refractivity contribution < 1.29 is 15.9 Å². The van der Waals surface area contributed by atoms with E-state index in [0.717, 1.165) is 6.92 Å². The number of rotatable bonds is 3. The fourth-order valence-electron chi connectivity index (χ4n) is 0.886. The summed E-state index contributed by atoms with van der Waals surface area (Å²) < 4.78 is 42.7. The average Bonchev–Trinajstić information content (AvgIpc) is 2.16. The molecular weight excluding hydrogens is 188 g/mol. The maximum atomic E-state index is 11.7. The van der Waals surface area contributed by atoms with Crippen molar-refractivity contribution in [1.82, 2.24) is 0 Å². The van der Waals surface area contributed by atoms with Crippen LogP contribution in [0.15, 0.2) is 29.2 Å². The lowest BCUT2D eigenvalue weighted by Crippen LogP contribution is -2.03. The minimum absolute atomic E-state index is 0.0747. The summed E-state index contributed by atoms with van der Waals surface area (Å²) in [5.41, 5.74) is -2.29. The minimum Gasteiger partial charge on any atom is -0.497 e. The summed E-state index contributed by atoms with van der Waals surface area (Å²) in [6.45, 7) is 1.02. The molecule has 3 nitrogen and oxygen atoms in total.